The third-order valence-corrected chi connectivity index (χ3v) is 4.97. The van der Waals surface area contributed by atoms with Gasteiger partial charge in [0.05, 0.1) is 0 Å². The zero-order valence-corrected chi connectivity index (χ0v) is 14.7. The van der Waals surface area contributed by atoms with E-state index in [2.05, 4.69) is 52.9 Å². The van der Waals surface area contributed by atoms with Crippen molar-refractivity contribution in [1.29, 1.82) is 0 Å². The number of halogens is 1. The van der Waals surface area contributed by atoms with Gasteiger partial charge in [-0.15, -0.1) is 0 Å². The first kappa shape index (κ1) is 15.5. The van der Waals surface area contributed by atoms with E-state index in [0.29, 0.717) is 5.92 Å². The van der Waals surface area contributed by atoms with Crippen molar-refractivity contribution in [2.75, 3.05) is 13.1 Å². The van der Waals surface area contributed by atoms with Gasteiger partial charge in [-0.2, -0.15) is 0 Å². The molecule has 2 aromatic rings. The molecule has 22 heavy (non-hydrogen) atoms. The van der Waals surface area contributed by atoms with Crippen LogP contribution in [-0.2, 0) is 0 Å². The van der Waals surface area contributed by atoms with Crippen LogP contribution < -0.4 is 0 Å². The molecule has 1 amide bonds. The summed E-state index contributed by atoms with van der Waals surface area (Å²) < 4.78 is 1.11. The van der Waals surface area contributed by atoms with E-state index in [-0.39, 0.29) is 5.91 Å². The van der Waals surface area contributed by atoms with Crippen LogP contribution in [0.15, 0.2) is 54.6 Å². The molecule has 0 aliphatic carbocycles. The fraction of sp³-hybridized carbons (Fsp3) is 0.316. The van der Waals surface area contributed by atoms with E-state index in [4.69, 9.17) is 0 Å². The van der Waals surface area contributed by atoms with Crippen LogP contribution in [0.4, 0.5) is 0 Å². The topological polar surface area (TPSA) is 20.3 Å². The van der Waals surface area contributed by atoms with E-state index in [1.807, 2.05) is 29.2 Å². The lowest BCUT2D eigenvalue weighted by Crippen LogP contribution is -2.34. The standard InChI is InChI=1S/C19H20INO/c20-18-11-6-10-16(13-18)19(22)21-12-5-4-9-17(14-21)15-7-2-1-3-8-15/h1-3,6-8,10-11,13,17H,4-5,9,12,14H2. The first-order valence-electron chi connectivity index (χ1n) is 7.84. The molecule has 0 radical (unpaired) electrons. The van der Waals surface area contributed by atoms with E-state index in [9.17, 15) is 4.79 Å². The minimum absolute atomic E-state index is 0.168. The van der Waals surface area contributed by atoms with Crippen molar-refractivity contribution in [1.82, 2.24) is 4.90 Å². The quantitative estimate of drug-likeness (QED) is 0.664. The van der Waals surface area contributed by atoms with Gasteiger partial charge in [0, 0.05) is 28.1 Å². The van der Waals surface area contributed by atoms with E-state index < -0.39 is 0 Å². The summed E-state index contributed by atoms with van der Waals surface area (Å²) in [6.45, 7) is 1.70. The fourth-order valence-electron chi connectivity index (χ4n) is 3.13. The molecule has 1 aliphatic rings. The van der Waals surface area contributed by atoms with Gasteiger partial charge in [0.2, 0.25) is 0 Å². The minimum Gasteiger partial charge on any atom is -0.338 e. The van der Waals surface area contributed by atoms with Crippen molar-refractivity contribution in [3.05, 3.63) is 69.3 Å². The van der Waals surface area contributed by atoms with Crippen LogP contribution in [0.2, 0.25) is 0 Å². The molecule has 3 rings (SSSR count). The van der Waals surface area contributed by atoms with E-state index in [1.165, 1.54) is 18.4 Å². The van der Waals surface area contributed by atoms with Gasteiger partial charge < -0.3 is 4.90 Å². The van der Waals surface area contributed by atoms with Gasteiger partial charge in [0.15, 0.2) is 0 Å². The molecule has 0 N–H and O–H groups in total. The Bertz CT molecular complexity index is 641. The molecule has 1 atom stereocenters. The first-order valence-corrected chi connectivity index (χ1v) is 8.92. The number of amides is 1. The maximum Gasteiger partial charge on any atom is 0.253 e. The molecule has 1 unspecified atom stereocenters. The highest BCUT2D eigenvalue weighted by molar-refractivity contribution is 14.1. The summed E-state index contributed by atoms with van der Waals surface area (Å²) in [5.41, 5.74) is 2.16. The Morgan fingerprint density at radius 1 is 1.05 bits per heavy atom. The molecule has 2 aromatic carbocycles. The number of hydrogen-bond donors (Lipinski definition) is 0. The van der Waals surface area contributed by atoms with Crippen LogP contribution in [0.1, 0.15) is 41.1 Å². The van der Waals surface area contributed by atoms with E-state index in [0.717, 1.165) is 28.6 Å². The SMILES string of the molecule is O=C(c1cccc(I)c1)N1CCCCC(c2ccccc2)C1. The Kier molecular flexibility index (Phi) is 5.13. The molecule has 3 heteroatoms. The van der Waals surface area contributed by atoms with Crippen LogP contribution >= 0.6 is 22.6 Å². The Morgan fingerprint density at radius 2 is 1.86 bits per heavy atom. The predicted molar refractivity (Wildman–Crippen MR) is 98.1 cm³/mol. The van der Waals surface area contributed by atoms with Crippen molar-refractivity contribution in [3.8, 4) is 0 Å². The first-order chi connectivity index (χ1) is 10.7. The van der Waals surface area contributed by atoms with Crippen LogP contribution in [0.25, 0.3) is 0 Å². The average Bonchev–Trinajstić information content (AvgIpc) is 2.81. The smallest absolute Gasteiger partial charge is 0.253 e. The maximum atomic E-state index is 12.8. The molecule has 2 nitrogen and oxygen atoms in total. The molecular weight excluding hydrogens is 385 g/mol. The largest absolute Gasteiger partial charge is 0.338 e. The molecule has 1 fully saturated rings. The van der Waals surface area contributed by atoms with Crippen LogP contribution in [0, 0.1) is 3.57 Å². The third-order valence-electron chi connectivity index (χ3n) is 4.30. The fourth-order valence-corrected chi connectivity index (χ4v) is 3.67. The van der Waals surface area contributed by atoms with Gasteiger partial charge in [-0.25, -0.2) is 0 Å². The lowest BCUT2D eigenvalue weighted by molar-refractivity contribution is 0.0754. The summed E-state index contributed by atoms with van der Waals surface area (Å²) >= 11 is 2.26. The van der Waals surface area contributed by atoms with Crippen molar-refractivity contribution in [2.45, 2.75) is 25.2 Å². The van der Waals surface area contributed by atoms with Crippen LogP contribution in [0.5, 0.6) is 0 Å². The summed E-state index contributed by atoms with van der Waals surface area (Å²) in [6, 6.07) is 18.5. The normalized spacial score (nSPS) is 18.8. The average molecular weight is 405 g/mol. The molecule has 0 aromatic heterocycles. The Labute approximate surface area is 145 Å². The van der Waals surface area contributed by atoms with Gasteiger partial charge >= 0.3 is 0 Å². The highest BCUT2D eigenvalue weighted by Crippen LogP contribution is 2.27. The number of benzene rings is 2. The zero-order valence-electron chi connectivity index (χ0n) is 12.5. The molecule has 0 bridgehead atoms. The third kappa shape index (κ3) is 3.69. The monoisotopic (exact) mass is 405 g/mol. The predicted octanol–water partition coefficient (Wildman–Crippen LogP) is 4.70. The summed E-state index contributed by atoms with van der Waals surface area (Å²) in [5, 5.41) is 0. The molecule has 0 spiro atoms. The lowest BCUT2D eigenvalue weighted by Gasteiger charge is -2.25. The van der Waals surface area contributed by atoms with E-state index >= 15 is 0 Å². The minimum atomic E-state index is 0.168. The maximum absolute atomic E-state index is 12.8. The number of nitrogens with zero attached hydrogens (tertiary/aromatic N) is 1. The van der Waals surface area contributed by atoms with Gasteiger partial charge in [-0.05, 0) is 59.2 Å². The highest BCUT2D eigenvalue weighted by atomic mass is 127. The second-order valence-corrected chi connectivity index (χ2v) is 7.11. The van der Waals surface area contributed by atoms with Gasteiger partial charge in [0.25, 0.3) is 5.91 Å². The number of rotatable bonds is 2. The Hall–Kier alpha value is -1.36. The summed E-state index contributed by atoms with van der Waals surface area (Å²) in [7, 11) is 0. The van der Waals surface area contributed by atoms with Crippen LogP contribution in [-0.4, -0.2) is 23.9 Å². The van der Waals surface area contributed by atoms with Gasteiger partial charge in [0.1, 0.15) is 0 Å². The zero-order chi connectivity index (χ0) is 15.4. The van der Waals surface area contributed by atoms with Crippen molar-refractivity contribution >= 4 is 28.5 Å². The summed E-state index contributed by atoms with van der Waals surface area (Å²) in [5.74, 6) is 0.622. The number of hydrogen-bond acceptors (Lipinski definition) is 1. The number of carbonyl (C=O) groups excluding carboxylic acids is 1. The lowest BCUT2D eigenvalue weighted by atomic mass is 9.94. The molecule has 1 saturated heterocycles. The van der Waals surface area contributed by atoms with Crippen molar-refractivity contribution < 1.29 is 4.79 Å². The Morgan fingerprint density at radius 3 is 2.64 bits per heavy atom. The molecular formula is C19H20INO. The molecule has 114 valence electrons. The summed E-state index contributed by atoms with van der Waals surface area (Å²) in [6.07, 6.45) is 3.45. The molecule has 0 saturated carbocycles. The second-order valence-electron chi connectivity index (χ2n) is 5.86. The van der Waals surface area contributed by atoms with Gasteiger partial charge in [-0.3, -0.25) is 4.79 Å². The number of likely N-dealkylation sites (tertiary alicyclic amines) is 1. The number of carbonyl (C=O) groups is 1. The van der Waals surface area contributed by atoms with E-state index in [1.54, 1.807) is 0 Å². The van der Waals surface area contributed by atoms with Crippen molar-refractivity contribution in [2.24, 2.45) is 0 Å². The molecule has 1 heterocycles. The van der Waals surface area contributed by atoms with Gasteiger partial charge in [-0.1, -0.05) is 42.8 Å². The van der Waals surface area contributed by atoms with Crippen molar-refractivity contribution in [3.63, 3.8) is 0 Å². The second kappa shape index (κ2) is 7.27. The molecule has 1 aliphatic heterocycles. The van der Waals surface area contributed by atoms with Crippen LogP contribution in [0.3, 0.4) is 0 Å². The highest BCUT2D eigenvalue weighted by Gasteiger charge is 2.23. The summed E-state index contributed by atoms with van der Waals surface area (Å²) in [4.78, 5) is 14.8. The Balaban J connectivity index is 1.79.